The first-order valence-corrected chi connectivity index (χ1v) is 6.93. The number of carbonyl (C=O) groups is 2. The highest BCUT2D eigenvalue weighted by molar-refractivity contribution is 8.26. The molecule has 0 radical (unpaired) electrons. The zero-order valence-electron chi connectivity index (χ0n) is 10.7. The summed E-state index contributed by atoms with van der Waals surface area (Å²) in [5.41, 5.74) is -0.473. The third-order valence-electron chi connectivity index (χ3n) is 2.64. The van der Waals surface area contributed by atoms with Crippen molar-refractivity contribution in [3.63, 3.8) is 0 Å². The summed E-state index contributed by atoms with van der Waals surface area (Å²) in [5.74, 6) is -2.66. The van der Waals surface area contributed by atoms with Gasteiger partial charge in [0.1, 0.15) is 16.7 Å². The van der Waals surface area contributed by atoms with Crippen LogP contribution in [0.1, 0.15) is 5.56 Å². The van der Waals surface area contributed by atoms with Crippen molar-refractivity contribution >= 4 is 51.9 Å². The van der Waals surface area contributed by atoms with Crippen LogP contribution >= 0.6 is 24.0 Å². The number of benzene rings is 1. The number of hydrogen-bond acceptors (Lipinski definition) is 6. The van der Waals surface area contributed by atoms with Crippen molar-refractivity contribution in [2.24, 2.45) is 0 Å². The number of carbonyl (C=O) groups excluding carboxylic acids is 1. The van der Waals surface area contributed by atoms with Crippen molar-refractivity contribution in [3.05, 3.63) is 44.6 Å². The number of carboxylic acid groups (broad SMARTS) is 1. The van der Waals surface area contributed by atoms with Crippen molar-refractivity contribution in [1.82, 2.24) is 4.90 Å². The van der Waals surface area contributed by atoms with Crippen LogP contribution in [0.25, 0.3) is 6.08 Å². The summed E-state index contributed by atoms with van der Waals surface area (Å²) in [5, 5.41) is 19.4. The van der Waals surface area contributed by atoms with E-state index in [-0.39, 0.29) is 20.5 Å². The van der Waals surface area contributed by atoms with Crippen LogP contribution in [-0.2, 0) is 9.59 Å². The highest BCUT2D eigenvalue weighted by atomic mass is 32.2. The van der Waals surface area contributed by atoms with Crippen molar-refractivity contribution < 1.29 is 24.0 Å². The molecule has 0 atom stereocenters. The standard InChI is InChI=1S/C12H7FN2O5S2/c13-8-2-1-7(15(19)20)3-6(8)4-9-11(18)14(5-10(16)17)12(21)22-9/h1-4H,5H2,(H,16,17)/b9-4-. The molecule has 22 heavy (non-hydrogen) atoms. The van der Waals surface area contributed by atoms with E-state index < -0.39 is 29.2 Å². The maximum atomic E-state index is 13.7. The molecule has 2 rings (SSSR count). The van der Waals surface area contributed by atoms with Crippen molar-refractivity contribution in [1.29, 1.82) is 0 Å². The predicted octanol–water partition coefficient (Wildman–Crippen LogP) is 2.02. The predicted molar refractivity (Wildman–Crippen MR) is 80.6 cm³/mol. The van der Waals surface area contributed by atoms with Gasteiger partial charge in [-0.3, -0.25) is 24.6 Å². The van der Waals surface area contributed by atoms with Crippen molar-refractivity contribution in [3.8, 4) is 0 Å². The number of carboxylic acids is 1. The Bertz CT molecular complexity index is 734. The van der Waals surface area contributed by atoms with Gasteiger partial charge in [-0.1, -0.05) is 24.0 Å². The zero-order chi connectivity index (χ0) is 16.4. The lowest BCUT2D eigenvalue weighted by molar-refractivity contribution is -0.384. The van der Waals surface area contributed by atoms with Crippen LogP contribution in [0.5, 0.6) is 0 Å². The van der Waals surface area contributed by atoms with Gasteiger partial charge in [0.05, 0.1) is 9.83 Å². The minimum atomic E-state index is -1.24. The topological polar surface area (TPSA) is 101 Å². The first-order chi connectivity index (χ1) is 10.3. The molecule has 1 aliphatic heterocycles. The average molecular weight is 342 g/mol. The number of nitrogens with zero attached hydrogens (tertiary/aromatic N) is 2. The van der Waals surface area contributed by atoms with E-state index in [1.54, 1.807) is 0 Å². The van der Waals surface area contributed by atoms with Crippen LogP contribution in [-0.4, -0.2) is 37.7 Å². The molecule has 0 bridgehead atoms. The lowest BCUT2D eigenvalue weighted by Crippen LogP contribution is -2.33. The molecule has 0 aliphatic carbocycles. The van der Waals surface area contributed by atoms with Crippen LogP contribution in [0, 0.1) is 15.9 Å². The Morgan fingerprint density at radius 3 is 2.82 bits per heavy atom. The molecule has 1 fully saturated rings. The van der Waals surface area contributed by atoms with Gasteiger partial charge in [0.25, 0.3) is 11.6 Å². The molecule has 1 amide bonds. The number of halogens is 1. The molecule has 114 valence electrons. The fraction of sp³-hybridized carbons (Fsp3) is 0.0833. The molecule has 1 saturated heterocycles. The molecule has 10 heteroatoms. The quantitative estimate of drug-likeness (QED) is 0.386. The van der Waals surface area contributed by atoms with Gasteiger partial charge in [-0.25, -0.2) is 4.39 Å². The number of nitro groups is 1. The number of rotatable bonds is 4. The van der Waals surface area contributed by atoms with E-state index >= 15 is 0 Å². The molecule has 1 aromatic rings. The first kappa shape index (κ1) is 16.0. The molecule has 0 spiro atoms. The number of nitro benzene ring substituents is 1. The Morgan fingerprint density at radius 2 is 2.23 bits per heavy atom. The minimum absolute atomic E-state index is 0.00523. The maximum absolute atomic E-state index is 13.7. The van der Waals surface area contributed by atoms with E-state index in [1.165, 1.54) is 0 Å². The Balaban J connectivity index is 2.36. The first-order valence-electron chi connectivity index (χ1n) is 5.70. The molecule has 1 aromatic carbocycles. The summed E-state index contributed by atoms with van der Waals surface area (Å²) in [6.07, 6.45) is 1.11. The molecule has 0 unspecified atom stereocenters. The van der Waals surface area contributed by atoms with Crippen molar-refractivity contribution in [2.45, 2.75) is 0 Å². The smallest absolute Gasteiger partial charge is 0.323 e. The molecule has 1 heterocycles. The minimum Gasteiger partial charge on any atom is -0.480 e. The van der Waals surface area contributed by atoms with E-state index in [1.807, 2.05) is 0 Å². The van der Waals surface area contributed by atoms with Gasteiger partial charge in [-0.15, -0.1) is 0 Å². The van der Waals surface area contributed by atoms with Gasteiger partial charge in [-0.05, 0) is 12.1 Å². The van der Waals surface area contributed by atoms with Crippen LogP contribution in [0.4, 0.5) is 10.1 Å². The number of amides is 1. The van der Waals surface area contributed by atoms with E-state index in [0.29, 0.717) is 0 Å². The van der Waals surface area contributed by atoms with Crippen LogP contribution < -0.4 is 0 Å². The second-order valence-corrected chi connectivity index (χ2v) is 5.80. The van der Waals surface area contributed by atoms with Gasteiger partial charge in [0.2, 0.25) is 0 Å². The van der Waals surface area contributed by atoms with Gasteiger partial charge in [0.15, 0.2) is 0 Å². The van der Waals surface area contributed by atoms with Crippen molar-refractivity contribution in [2.75, 3.05) is 6.54 Å². The van der Waals surface area contributed by atoms with Crippen LogP contribution in [0.2, 0.25) is 0 Å². The van der Waals surface area contributed by atoms with E-state index in [4.69, 9.17) is 17.3 Å². The summed E-state index contributed by atoms with van der Waals surface area (Å²) < 4.78 is 13.7. The molecular weight excluding hydrogens is 335 g/mol. The normalized spacial score (nSPS) is 16.4. The molecule has 7 nitrogen and oxygen atoms in total. The van der Waals surface area contributed by atoms with E-state index in [2.05, 4.69) is 0 Å². The van der Waals surface area contributed by atoms with Crippen LogP contribution in [0.15, 0.2) is 23.1 Å². The third kappa shape index (κ3) is 3.28. The molecule has 1 N–H and O–H groups in total. The highest BCUT2D eigenvalue weighted by Crippen LogP contribution is 2.33. The zero-order valence-corrected chi connectivity index (χ0v) is 12.3. The Kier molecular flexibility index (Phi) is 4.52. The average Bonchev–Trinajstić information content (AvgIpc) is 2.68. The maximum Gasteiger partial charge on any atom is 0.323 e. The Morgan fingerprint density at radius 1 is 1.55 bits per heavy atom. The SMILES string of the molecule is O=C(O)CN1C(=O)/C(=C/c2cc([N+](=O)[O-])ccc2F)SC1=S. The Labute approximate surface area is 132 Å². The van der Waals surface area contributed by atoms with Gasteiger partial charge in [-0.2, -0.15) is 0 Å². The largest absolute Gasteiger partial charge is 0.480 e. The number of thioether (sulfide) groups is 1. The second kappa shape index (κ2) is 6.20. The molecule has 0 saturated carbocycles. The Hall–Kier alpha value is -2.33. The molecular formula is C12H7FN2O5S2. The van der Waals surface area contributed by atoms with Gasteiger partial charge >= 0.3 is 5.97 Å². The number of aliphatic carboxylic acids is 1. The fourth-order valence-electron chi connectivity index (χ4n) is 1.67. The highest BCUT2D eigenvalue weighted by Gasteiger charge is 2.33. The monoisotopic (exact) mass is 342 g/mol. The number of thiocarbonyl (C=S) groups is 1. The van der Waals surface area contributed by atoms with Gasteiger partial charge < -0.3 is 5.11 Å². The summed E-state index contributed by atoms with van der Waals surface area (Å²) >= 11 is 5.70. The molecule has 0 aromatic heterocycles. The summed E-state index contributed by atoms with van der Waals surface area (Å²) in [6, 6.07) is 2.91. The summed E-state index contributed by atoms with van der Waals surface area (Å²) in [4.78, 5) is 33.6. The summed E-state index contributed by atoms with van der Waals surface area (Å²) in [7, 11) is 0. The fourth-order valence-corrected chi connectivity index (χ4v) is 2.91. The van der Waals surface area contributed by atoms with Crippen LogP contribution in [0.3, 0.4) is 0 Å². The number of hydrogen-bond donors (Lipinski definition) is 1. The molecule has 1 aliphatic rings. The van der Waals surface area contributed by atoms with Gasteiger partial charge in [0, 0.05) is 17.7 Å². The summed E-state index contributed by atoms with van der Waals surface area (Å²) in [6.45, 7) is -0.598. The van der Waals surface area contributed by atoms with E-state index in [0.717, 1.165) is 40.9 Å². The lowest BCUT2D eigenvalue weighted by Gasteiger charge is -2.10. The number of non-ortho nitro benzene ring substituents is 1. The third-order valence-corrected chi connectivity index (χ3v) is 4.02. The van der Waals surface area contributed by atoms with E-state index in [9.17, 15) is 24.1 Å². The lowest BCUT2D eigenvalue weighted by atomic mass is 10.1. The second-order valence-electron chi connectivity index (χ2n) is 4.12.